The zero-order valence-electron chi connectivity index (χ0n) is 8.35. The summed E-state index contributed by atoms with van der Waals surface area (Å²) >= 11 is 0.718. The molecule has 0 spiro atoms. The Balaban J connectivity index is 4.54. The van der Waals surface area contributed by atoms with E-state index in [2.05, 4.69) is 14.7 Å². The first kappa shape index (κ1) is 13.4. The van der Waals surface area contributed by atoms with Crippen molar-refractivity contribution in [3.63, 3.8) is 0 Å². The smallest absolute Gasteiger partial charge is 0.364 e. The molecule has 0 aliphatic heterocycles. The van der Waals surface area contributed by atoms with Crippen LogP contribution in [0.15, 0.2) is 5.16 Å². The van der Waals surface area contributed by atoms with E-state index in [-0.39, 0.29) is 12.4 Å². The summed E-state index contributed by atoms with van der Waals surface area (Å²) in [5, 5.41) is 13.2. The summed E-state index contributed by atoms with van der Waals surface area (Å²) in [5.41, 5.74) is -0.429. The second-order valence-corrected chi connectivity index (χ2v) is 2.91. The Bertz CT molecular complexity index is 308. The van der Waals surface area contributed by atoms with Crippen molar-refractivity contribution in [2.45, 2.75) is 6.92 Å². The number of carbonyl (C=O) groups is 2. The summed E-state index contributed by atoms with van der Waals surface area (Å²) in [6.07, 6.45) is 0. The fraction of sp³-hybridized carbons (Fsp3) is 0.500. The highest BCUT2D eigenvalue weighted by Crippen LogP contribution is 1.99. The van der Waals surface area contributed by atoms with Gasteiger partial charge in [0.25, 0.3) is 0 Å². The molecule has 0 amide bonds. The summed E-state index contributed by atoms with van der Waals surface area (Å²) in [6.45, 7) is 1.75. The molecule has 7 heteroatoms. The predicted octanol–water partition coefficient (Wildman–Crippen LogP) is 0.335. The fourth-order valence-electron chi connectivity index (χ4n) is 0.659. The Morgan fingerprint density at radius 2 is 2.20 bits per heavy atom. The molecule has 0 unspecified atom stereocenters. The molecule has 0 heterocycles. The van der Waals surface area contributed by atoms with Gasteiger partial charge in [-0.15, -0.1) is 0 Å². The van der Waals surface area contributed by atoms with Crippen LogP contribution in [0.25, 0.3) is 0 Å². The molecule has 0 aliphatic rings. The summed E-state index contributed by atoms with van der Waals surface area (Å²) < 4.78 is 4.59. The molecule has 15 heavy (non-hydrogen) atoms. The average molecular weight is 230 g/mol. The van der Waals surface area contributed by atoms with E-state index in [0.717, 1.165) is 11.8 Å². The maximum Gasteiger partial charge on any atom is 0.364 e. The number of hydrogen-bond donors (Lipinski definition) is 0. The zero-order valence-corrected chi connectivity index (χ0v) is 9.17. The van der Waals surface area contributed by atoms with E-state index in [1.807, 2.05) is 0 Å². The van der Waals surface area contributed by atoms with Crippen LogP contribution < -0.4 is 0 Å². The second kappa shape index (κ2) is 7.82. The van der Waals surface area contributed by atoms with Crippen molar-refractivity contribution in [3.8, 4) is 5.40 Å². The first-order valence-electron chi connectivity index (χ1n) is 3.99. The van der Waals surface area contributed by atoms with Gasteiger partial charge in [0.1, 0.15) is 12.5 Å². The number of Topliss-reactive ketones (excluding diaryl/α,β-unsaturated/α-hetero) is 1. The van der Waals surface area contributed by atoms with Gasteiger partial charge >= 0.3 is 5.97 Å². The number of nitriles is 1. The lowest BCUT2D eigenvalue weighted by Gasteiger charge is -2.02. The van der Waals surface area contributed by atoms with Crippen LogP contribution >= 0.6 is 11.8 Å². The molecule has 0 saturated heterocycles. The van der Waals surface area contributed by atoms with Gasteiger partial charge in [-0.25, -0.2) is 4.79 Å². The number of ketones is 1. The fourth-order valence-corrected chi connectivity index (χ4v) is 0.991. The lowest BCUT2D eigenvalue weighted by Crippen LogP contribution is -2.28. The van der Waals surface area contributed by atoms with Crippen LogP contribution in [0.4, 0.5) is 0 Å². The van der Waals surface area contributed by atoms with E-state index in [1.54, 1.807) is 12.3 Å². The number of carbonyl (C=O) groups excluding carboxylic acids is 2. The number of thiocyanates is 1. The molecular weight excluding hydrogens is 220 g/mol. The lowest BCUT2D eigenvalue weighted by atomic mass is 10.3. The normalized spacial score (nSPS) is 10.3. The molecule has 0 aromatic rings. The van der Waals surface area contributed by atoms with Crippen LogP contribution in [-0.4, -0.2) is 36.9 Å². The van der Waals surface area contributed by atoms with Crippen molar-refractivity contribution in [2.75, 3.05) is 19.5 Å². The largest absolute Gasteiger partial charge is 0.461 e. The maximum atomic E-state index is 11.3. The molecule has 0 saturated carbocycles. The third-order valence-corrected chi connectivity index (χ3v) is 1.72. The average Bonchev–Trinajstić information content (AvgIpc) is 2.22. The molecule has 6 nitrogen and oxygen atoms in total. The third-order valence-electron chi connectivity index (χ3n) is 1.18. The highest BCUT2D eigenvalue weighted by molar-refractivity contribution is 8.04. The minimum absolute atomic E-state index is 0.139. The van der Waals surface area contributed by atoms with E-state index in [1.165, 1.54) is 7.11 Å². The van der Waals surface area contributed by atoms with Crippen molar-refractivity contribution >= 4 is 29.2 Å². The molecule has 82 valence electrons. The summed E-state index contributed by atoms with van der Waals surface area (Å²) in [4.78, 5) is 26.9. The lowest BCUT2D eigenvalue weighted by molar-refractivity contribution is -0.135. The first-order chi connectivity index (χ1) is 7.17. The van der Waals surface area contributed by atoms with E-state index in [0.29, 0.717) is 0 Å². The number of thioether (sulfide) groups is 1. The van der Waals surface area contributed by atoms with Gasteiger partial charge in [-0.1, -0.05) is 5.16 Å². The van der Waals surface area contributed by atoms with E-state index >= 15 is 0 Å². The van der Waals surface area contributed by atoms with Gasteiger partial charge < -0.3 is 9.57 Å². The summed E-state index contributed by atoms with van der Waals surface area (Å²) in [7, 11) is 1.21. The van der Waals surface area contributed by atoms with E-state index in [4.69, 9.17) is 5.26 Å². The molecular formula is C8H10N2O4S. The molecule has 0 rings (SSSR count). The SMILES string of the molecule is CCOC(=O)/C(=N/OC)C(=O)CSC#N. The Labute approximate surface area is 91.2 Å². The Morgan fingerprint density at radius 3 is 2.67 bits per heavy atom. The van der Waals surface area contributed by atoms with Crippen LogP contribution in [0.1, 0.15) is 6.92 Å². The Kier molecular flexibility index (Phi) is 7.01. The van der Waals surface area contributed by atoms with E-state index in [9.17, 15) is 9.59 Å². The molecule has 0 radical (unpaired) electrons. The topological polar surface area (TPSA) is 88.8 Å². The van der Waals surface area contributed by atoms with E-state index < -0.39 is 17.5 Å². The van der Waals surface area contributed by atoms with Crippen molar-refractivity contribution in [3.05, 3.63) is 0 Å². The zero-order chi connectivity index (χ0) is 11.7. The maximum absolute atomic E-state index is 11.3. The van der Waals surface area contributed by atoms with Crippen LogP contribution in [0.2, 0.25) is 0 Å². The number of esters is 1. The molecule has 0 aromatic carbocycles. The van der Waals surface area contributed by atoms with Gasteiger partial charge in [0.2, 0.25) is 11.5 Å². The van der Waals surface area contributed by atoms with Crippen molar-refractivity contribution < 1.29 is 19.2 Å². The number of ether oxygens (including phenoxy) is 1. The number of hydrogen-bond acceptors (Lipinski definition) is 7. The predicted molar refractivity (Wildman–Crippen MR) is 54.2 cm³/mol. The van der Waals surface area contributed by atoms with Gasteiger partial charge in [0.15, 0.2) is 0 Å². The van der Waals surface area contributed by atoms with Gasteiger partial charge in [0, 0.05) is 0 Å². The van der Waals surface area contributed by atoms with Crippen molar-refractivity contribution in [1.82, 2.24) is 0 Å². The molecule has 0 aliphatic carbocycles. The standard InChI is InChI=1S/C8H10N2O4S/c1-3-14-8(12)7(10-13-2)6(11)4-15-5-9/h3-4H2,1-2H3/b10-7+. The Hall–Kier alpha value is -1.55. The van der Waals surface area contributed by atoms with Gasteiger partial charge in [-0.3, -0.25) is 4.79 Å². The minimum Gasteiger partial charge on any atom is -0.461 e. The number of oxime groups is 1. The van der Waals surface area contributed by atoms with Gasteiger partial charge in [0.05, 0.1) is 12.4 Å². The molecule has 0 atom stereocenters. The highest BCUT2D eigenvalue weighted by Gasteiger charge is 2.22. The number of nitrogens with zero attached hydrogens (tertiary/aromatic N) is 2. The van der Waals surface area contributed by atoms with Crippen LogP contribution in [0.5, 0.6) is 0 Å². The summed E-state index contributed by atoms with van der Waals surface area (Å²) in [6, 6.07) is 0. The molecule has 0 fully saturated rings. The quantitative estimate of drug-likeness (QED) is 0.215. The van der Waals surface area contributed by atoms with Crippen molar-refractivity contribution in [1.29, 1.82) is 5.26 Å². The minimum atomic E-state index is -0.845. The second-order valence-electron chi connectivity index (χ2n) is 2.15. The van der Waals surface area contributed by atoms with Crippen LogP contribution in [0.3, 0.4) is 0 Å². The van der Waals surface area contributed by atoms with Crippen LogP contribution in [0, 0.1) is 10.7 Å². The molecule has 0 bridgehead atoms. The van der Waals surface area contributed by atoms with Crippen LogP contribution in [-0.2, 0) is 19.2 Å². The van der Waals surface area contributed by atoms with Crippen molar-refractivity contribution in [2.24, 2.45) is 5.16 Å². The highest BCUT2D eigenvalue weighted by atomic mass is 32.2. The Morgan fingerprint density at radius 1 is 1.53 bits per heavy atom. The molecule has 0 aromatic heterocycles. The molecule has 0 N–H and O–H groups in total. The number of rotatable bonds is 6. The summed E-state index contributed by atoms with van der Waals surface area (Å²) in [5.74, 6) is -1.60. The van der Waals surface area contributed by atoms with Gasteiger partial charge in [-0.05, 0) is 18.7 Å². The third kappa shape index (κ3) is 5.02. The first-order valence-corrected chi connectivity index (χ1v) is 4.98. The monoisotopic (exact) mass is 230 g/mol. The van der Waals surface area contributed by atoms with Gasteiger partial charge in [-0.2, -0.15) is 5.26 Å².